The maximum absolute atomic E-state index is 2.33. The number of fused-ring (bicyclic) bond motifs is 2. The average Bonchev–Trinajstić information content (AvgIpc) is 2.97. The first-order valence-electron chi connectivity index (χ1n) is 8.39. The van der Waals surface area contributed by atoms with E-state index >= 15 is 0 Å². The highest BCUT2D eigenvalue weighted by atomic mass is 28.2. The number of hydrogen-bond acceptors (Lipinski definition) is 0. The second kappa shape index (κ2) is 5.35. The van der Waals surface area contributed by atoms with E-state index in [0.29, 0.717) is 11.1 Å². The molecule has 0 fully saturated rings. The maximum Gasteiger partial charge on any atom is 0.0678 e. The van der Waals surface area contributed by atoms with Crippen LogP contribution in [0.3, 0.4) is 0 Å². The lowest BCUT2D eigenvalue weighted by molar-refractivity contribution is 1.03. The van der Waals surface area contributed by atoms with Gasteiger partial charge in [-0.25, -0.2) is 0 Å². The second-order valence-electron chi connectivity index (χ2n) is 6.82. The van der Waals surface area contributed by atoms with Gasteiger partial charge < -0.3 is 0 Å². The number of hydrogen-bond donors (Lipinski definition) is 0. The Morgan fingerprint density at radius 2 is 1.00 bits per heavy atom. The van der Waals surface area contributed by atoms with Crippen LogP contribution in [0.15, 0.2) is 59.7 Å². The van der Waals surface area contributed by atoms with Crippen LogP contribution in [-0.2, 0) is 0 Å². The SMILES string of the molecule is CC1=C(C)C([Si]C2C(C)=C(C)c3ccccc32)c2ccccc21. The van der Waals surface area contributed by atoms with Crippen molar-refractivity contribution in [3.8, 4) is 0 Å². The van der Waals surface area contributed by atoms with Crippen molar-refractivity contribution in [3.05, 3.63) is 81.9 Å². The summed E-state index contributed by atoms with van der Waals surface area (Å²) in [6, 6.07) is 18.0. The lowest BCUT2D eigenvalue weighted by atomic mass is 10.1. The highest BCUT2D eigenvalue weighted by molar-refractivity contribution is 6.44. The summed E-state index contributed by atoms with van der Waals surface area (Å²) < 4.78 is 0. The molecule has 0 heterocycles. The van der Waals surface area contributed by atoms with Crippen LogP contribution in [0.4, 0.5) is 0 Å². The van der Waals surface area contributed by atoms with Gasteiger partial charge >= 0.3 is 0 Å². The standard InChI is InChI=1S/C22H22Si/c1-13-15(3)21(19-11-7-5-9-17(13)19)23-22-16(4)14(2)18-10-6-8-12-20(18)22/h5-12,21-22H,1-4H3. The quantitative estimate of drug-likeness (QED) is 0.616. The Morgan fingerprint density at radius 3 is 1.43 bits per heavy atom. The second-order valence-corrected chi connectivity index (χ2v) is 8.31. The Labute approximate surface area is 141 Å². The normalized spacial score (nSPS) is 22.6. The summed E-state index contributed by atoms with van der Waals surface area (Å²) in [7, 11) is 0.890. The summed E-state index contributed by atoms with van der Waals surface area (Å²) in [6.45, 7) is 9.24. The fourth-order valence-corrected chi connectivity index (χ4v) is 6.23. The van der Waals surface area contributed by atoms with E-state index in [1.165, 1.54) is 33.4 Å². The summed E-state index contributed by atoms with van der Waals surface area (Å²) in [5.74, 6) is 0. The monoisotopic (exact) mass is 314 g/mol. The molecule has 2 aromatic carbocycles. The van der Waals surface area contributed by atoms with Gasteiger partial charge in [0.05, 0.1) is 9.52 Å². The molecule has 0 amide bonds. The molecule has 2 aromatic rings. The molecule has 0 saturated heterocycles. The highest BCUT2D eigenvalue weighted by Gasteiger charge is 2.33. The molecule has 0 aromatic heterocycles. The van der Waals surface area contributed by atoms with E-state index in [2.05, 4.69) is 76.2 Å². The van der Waals surface area contributed by atoms with Crippen molar-refractivity contribution in [2.45, 2.75) is 38.8 Å². The molecule has 0 spiro atoms. The first-order chi connectivity index (χ1) is 11.1. The molecule has 4 rings (SSSR count). The van der Waals surface area contributed by atoms with Crippen LogP contribution < -0.4 is 0 Å². The summed E-state index contributed by atoms with van der Waals surface area (Å²) >= 11 is 0. The molecule has 0 aliphatic heterocycles. The van der Waals surface area contributed by atoms with Crippen molar-refractivity contribution in [1.82, 2.24) is 0 Å². The van der Waals surface area contributed by atoms with Crippen LogP contribution in [0.2, 0.25) is 0 Å². The number of rotatable bonds is 2. The molecule has 2 aliphatic carbocycles. The van der Waals surface area contributed by atoms with Gasteiger partial charge in [0.15, 0.2) is 0 Å². The summed E-state index contributed by atoms with van der Waals surface area (Å²) in [4.78, 5) is 0. The van der Waals surface area contributed by atoms with Crippen LogP contribution in [0.25, 0.3) is 11.1 Å². The minimum Gasteiger partial charge on any atom is -0.0655 e. The number of benzene rings is 2. The molecule has 2 aliphatic rings. The summed E-state index contributed by atoms with van der Waals surface area (Å²) in [6.07, 6.45) is 0. The zero-order valence-electron chi connectivity index (χ0n) is 14.3. The Bertz CT molecular complexity index is 782. The van der Waals surface area contributed by atoms with Gasteiger partial charge in [-0.05, 0) is 72.2 Å². The van der Waals surface area contributed by atoms with Crippen molar-refractivity contribution in [2.24, 2.45) is 0 Å². The van der Waals surface area contributed by atoms with Gasteiger partial charge in [-0.2, -0.15) is 0 Å². The third-order valence-electron chi connectivity index (χ3n) is 5.73. The Balaban J connectivity index is 1.75. The molecule has 2 atom stereocenters. The van der Waals surface area contributed by atoms with Gasteiger partial charge in [0.25, 0.3) is 0 Å². The van der Waals surface area contributed by atoms with Crippen LogP contribution in [0.1, 0.15) is 61.0 Å². The smallest absolute Gasteiger partial charge is 0.0655 e. The van der Waals surface area contributed by atoms with Crippen LogP contribution >= 0.6 is 0 Å². The van der Waals surface area contributed by atoms with Gasteiger partial charge in [0.1, 0.15) is 0 Å². The maximum atomic E-state index is 2.33. The average molecular weight is 315 g/mol. The Kier molecular flexibility index (Phi) is 3.42. The van der Waals surface area contributed by atoms with Gasteiger partial charge in [-0.3, -0.25) is 0 Å². The zero-order valence-corrected chi connectivity index (χ0v) is 15.3. The summed E-state index contributed by atoms with van der Waals surface area (Å²) in [5.41, 5.74) is 13.3. The van der Waals surface area contributed by atoms with E-state index in [1.54, 1.807) is 11.1 Å². The van der Waals surface area contributed by atoms with Gasteiger partial charge in [0, 0.05) is 0 Å². The summed E-state index contributed by atoms with van der Waals surface area (Å²) in [5, 5.41) is 0. The van der Waals surface area contributed by atoms with E-state index in [1.807, 2.05) is 0 Å². The largest absolute Gasteiger partial charge is 0.0678 e. The lowest BCUT2D eigenvalue weighted by Crippen LogP contribution is -2.16. The predicted molar refractivity (Wildman–Crippen MR) is 101 cm³/mol. The van der Waals surface area contributed by atoms with E-state index < -0.39 is 0 Å². The van der Waals surface area contributed by atoms with Crippen molar-refractivity contribution in [3.63, 3.8) is 0 Å². The molecule has 2 unspecified atom stereocenters. The zero-order chi connectivity index (χ0) is 16.1. The van der Waals surface area contributed by atoms with Gasteiger partial charge in [0.2, 0.25) is 0 Å². The molecule has 0 nitrogen and oxygen atoms in total. The van der Waals surface area contributed by atoms with Gasteiger partial charge in [-0.1, -0.05) is 59.7 Å². The molecule has 0 saturated carbocycles. The minimum atomic E-state index is 0.588. The van der Waals surface area contributed by atoms with Crippen LogP contribution in [-0.4, -0.2) is 9.52 Å². The van der Waals surface area contributed by atoms with E-state index in [4.69, 9.17) is 0 Å². The van der Waals surface area contributed by atoms with Crippen molar-refractivity contribution >= 4 is 20.7 Å². The molecule has 2 radical (unpaired) electrons. The first-order valence-corrected chi connectivity index (χ1v) is 9.54. The van der Waals surface area contributed by atoms with Crippen LogP contribution in [0, 0.1) is 0 Å². The Hall–Kier alpha value is -1.86. The third-order valence-corrected chi connectivity index (χ3v) is 7.89. The fraction of sp³-hybridized carbons (Fsp3) is 0.273. The molecule has 0 bridgehead atoms. The predicted octanol–water partition coefficient (Wildman–Crippen LogP) is 5.79. The van der Waals surface area contributed by atoms with Crippen molar-refractivity contribution < 1.29 is 0 Å². The van der Waals surface area contributed by atoms with E-state index in [9.17, 15) is 0 Å². The van der Waals surface area contributed by atoms with Crippen molar-refractivity contribution in [2.75, 3.05) is 0 Å². The van der Waals surface area contributed by atoms with E-state index in [0.717, 1.165) is 9.52 Å². The lowest BCUT2D eigenvalue weighted by Gasteiger charge is -2.20. The number of allylic oxidation sites excluding steroid dienone is 4. The molecule has 23 heavy (non-hydrogen) atoms. The molecule has 0 N–H and O–H groups in total. The molecular formula is C22H22Si. The van der Waals surface area contributed by atoms with Crippen LogP contribution in [0.5, 0.6) is 0 Å². The minimum absolute atomic E-state index is 0.588. The van der Waals surface area contributed by atoms with E-state index in [-0.39, 0.29) is 0 Å². The van der Waals surface area contributed by atoms with Gasteiger partial charge in [-0.15, -0.1) is 0 Å². The fourth-order valence-electron chi connectivity index (χ4n) is 4.10. The topological polar surface area (TPSA) is 0 Å². The molecule has 114 valence electrons. The Morgan fingerprint density at radius 1 is 0.609 bits per heavy atom. The highest BCUT2D eigenvalue weighted by Crippen LogP contribution is 2.47. The molecule has 1 heteroatoms. The van der Waals surface area contributed by atoms with Crippen molar-refractivity contribution in [1.29, 1.82) is 0 Å². The third kappa shape index (κ3) is 2.10. The first kappa shape index (κ1) is 14.7. The molecular weight excluding hydrogens is 292 g/mol.